The second kappa shape index (κ2) is 12.1. The van der Waals surface area contributed by atoms with Crippen LogP contribution in [0.1, 0.15) is 30.9 Å². The molecule has 0 aliphatic rings. The number of benzene rings is 3. The van der Waals surface area contributed by atoms with Gasteiger partial charge in [-0.1, -0.05) is 61.4 Å². The molecule has 1 heterocycles. The van der Waals surface area contributed by atoms with Crippen molar-refractivity contribution in [3.63, 3.8) is 0 Å². The fourth-order valence-corrected chi connectivity index (χ4v) is 4.61. The number of nitriles is 1. The Labute approximate surface area is 216 Å². The molecule has 1 amide bonds. The molecular formula is C30H28N4OS. The average Bonchev–Trinajstić information content (AvgIpc) is 3.33. The lowest BCUT2D eigenvalue weighted by molar-refractivity contribution is -0.112. The van der Waals surface area contributed by atoms with Crippen molar-refractivity contribution in [1.82, 2.24) is 9.78 Å². The SMILES string of the molecule is CCCCSc1ccc(-c2nn(-c3ccccc3)cc2C=C(C#N)C(=O)Nc2ccc(C)cc2)cc1. The van der Waals surface area contributed by atoms with Crippen LogP contribution < -0.4 is 5.32 Å². The number of aryl methyl sites for hydroxylation is 1. The predicted octanol–water partition coefficient (Wildman–Crippen LogP) is 7.29. The smallest absolute Gasteiger partial charge is 0.266 e. The van der Waals surface area contributed by atoms with Crippen LogP contribution in [0.3, 0.4) is 0 Å². The van der Waals surface area contributed by atoms with E-state index in [4.69, 9.17) is 5.10 Å². The van der Waals surface area contributed by atoms with Gasteiger partial charge < -0.3 is 5.32 Å². The maximum Gasteiger partial charge on any atom is 0.266 e. The van der Waals surface area contributed by atoms with Crippen molar-refractivity contribution in [3.05, 3.63) is 102 Å². The maximum absolute atomic E-state index is 12.9. The number of carbonyl (C=O) groups excluding carboxylic acids is 1. The van der Waals surface area contributed by atoms with Gasteiger partial charge in [-0.25, -0.2) is 4.68 Å². The van der Waals surface area contributed by atoms with E-state index in [1.54, 1.807) is 10.8 Å². The van der Waals surface area contributed by atoms with Crippen molar-refractivity contribution in [2.45, 2.75) is 31.6 Å². The summed E-state index contributed by atoms with van der Waals surface area (Å²) in [5.41, 5.74) is 4.97. The van der Waals surface area contributed by atoms with Crippen LogP contribution in [-0.2, 0) is 4.79 Å². The van der Waals surface area contributed by atoms with Gasteiger partial charge >= 0.3 is 0 Å². The summed E-state index contributed by atoms with van der Waals surface area (Å²) in [6, 6.07) is 27.6. The van der Waals surface area contributed by atoms with E-state index in [1.165, 1.54) is 17.7 Å². The number of hydrogen-bond donors (Lipinski definition) is 1. The lowest BCUT2D eigenvalue weighted by Gasteiger charge is -2.05. The van der Waals surface area contributed by atoms with Crippen LogP contribution in [0.25, 0.3) is 23.0 Å². The van der Waals surface area contributed by atoms with Gasteiger partial charge in [-0.15, -0.1) is 11.8 Å². The molecule has 5 nitrogen and oxygen atoms in total. The predicted molar refractivity (Wildman–Crippen MR) is 148 cm³/mol. The highest BCUT2D eigenvalue weighted by Gasteiger charge is 2.15. The van der Waals surface area contributed by atoms with Crippen LogP contribution in [0.2, 0.25) is 0 Å². The lowest BCUT2D eigenvalue weighted by Crippen LogP contribution is -2.13. The summed E-state index contributed by atoms with van der Waals surface area (Å²) in [5, 5.41) is 17.4. The number of para-hydroxylation sites is 1. The van der Waals surface area contributed by atoms with Gasteiger partial charge in [0.15, 0.2) is 0 Å². The molecule has 0 aliphatic carbocycles. The standard InChI is InChI=1S/C30H28N4OS/c1-3-4-18-36-28-16-12-23(13-17-28)29-25(21-34(33-29)27-8-6-5-7-9-27)19-24(20-31)30(35)32-26-14-10-22(2)11-15-26/h5-17,19,21H,3-4,18H2,1-2H3,(H,32,35). The summed E-state index contributed by atoms with van der Waals surface area (Å²) in [5.74, 6) is 0.635. The Morgan fingerprint density at radius 1 is 1.06 bits per heavy atom. The van der Waals surface area contributed by atoms with Gasteiger partial charge in [0, 0.05) is 27.9 Å². The molecule has 36 heavy (non-hydrogen) atoms. The molecule has 180 valence electrons. The van der Waals surface area contributed by atoms with Gasteiger partial charge in [-0.05, 0) is 61.6 Å². The number of nitrogens with one attached hydrogen (secondary N) is 1. The summed E-state index contributed by atoms with van der Waals surface area (Å²) in [6.45, 7) is 4.17. The van der Waals surface area contributed by atoms with Crippen LogP contribution >= 0.6 is 11.8 Å². The number of nitrogens with zero attached hydrogens (tertiary/aromatic N) is 3. The Hall–Kier alpha value is -4.08. The second-order valence-corrected chi connectivity index (χ2v) is 9.60. The topological polar surface area (TPSA) is 70.7 Å². The summed E-state index contributed by atoms with van der Waals surface area (Å²) in [6.07, 6.45) is 5.82. The fraction of sp³-hybridized carbons (Fsp3) is 0.167. The molecule has 0 saturated carbocycles. The highest BCUT2D eigenvalue weighted by Crippen LogP contribution is 2.29. The molecule has 0 bridgehead atoms. The van der Waals surface area contributed by atoms with Gasteiger partial charge in [-0.2, -0.15) is 10.4 Å². The molecular weight excluding hydrogens is 464 g/mol. The molecule has 3 aromatic carbocycles. The number of hydrogen-bond acceptors (Lipinski definition) is 4. The van der Waals surface area contributed by atoms with E-state index in [1.807, 2.05) is 91.6 Å². The summed E-state index contributed by atoms with van der Waals surface area (Å²) in [4.78, 5) is 14.1. The Morgan fingerprint density at radius 3 is 2.44 bits per heavy atom. The third kappa shape index (κ3) is 6.32. The van der Waals surface area contributed by atoms with E-state index in [9.17, 15) is 10.1 Å². The van der Waals surface area contributed by atoms with E-state index >= 15 is 0 Å². The van der Waals surface area contributed by atoms with Crippen molar-refractivity contribution in [2.24, 2.45) is 0 Å². The van der Waals surface area contributed by atoms with Crippen LogP contribution in [0.15, 0.2) is 95.5 Å². The van der Waals surface area contributed by atoms with Crippen molar-refractivity contribution < 1.29 is 4.79 Å². The van der Waals surface area contributed by atoms with Gasteiger partial charge in [0.2, 0.25) is 0 Å². The first-order valence-electron chi connectivity index (χ1n) is 12.0. The normalized spacial score (nSPS) is 11.2. The van der Waals surface area contributed by atoms with Gasteiger partial charge in [0.1, 0.15) is 11.6 Å². The maximum atomic E-state index is 12.9. The minimum absolute atomic E-state index is 0.0104. The molecule has 0 saturated heterocycles. The van der Waals surface area contributed by atoms with Crippen molar-refractivity contribution in [1.29, 1.82) is 5.26 Å². The average molecular weight is 493 g/mol. The zero-order valence-corrected chi connectivity index (χ0v) is 21.3. The number of rotatable bonds is 9. The molecule has 6 heteroatoms. The number of unbranched alkanes of at least 4 members (excludes halogenated alkanes) is 1. The first kappa shape index (κ1) is 25.0. The largest absolute Gasteiger partial charge is 0.321 e. The Balaban J connectivity index is 1.68. The zero-order chi connectivity index (χ0) is 25.3. The van der Waals surface area contributed by atoms with Gasteiger partial charge in [0.05, 0.1) is 11.4 Å². The first-order chi connectivity index (χ1) is 17.6. The quantitative estimate of drug-likeness (QED) is 0.115. The molecule has 0 fully saturated rings. The summed E-state index contributed by atoms with van der Waals surface area (Å²) >= 11 is 1.84. The zero-order valence-electron chi connectivity index (χ0n) is 20.4. The highest BCUT2D eigenvalue weighted by molar-refractivity contribution is 7.99. The first-order valence-corrected chi connectivity index (χ1v) is 12.9. The Kier molecular flexibility index (Phi) is 8.38. The molecule has 4 rings (SSSR count). The minimum atomic E-state index is -0.456. The van der Waals surface area contributed by atoms with Gasteiger partial charge in [0.25, 0.3) is 5.91 Å². The molecule has 0 spiro atoms. The third-order valence-corrected chi connectivity index (χ3v) is 6.73. The van der Waals surface area contributed by atoms with Crippen LogP contribution in [0, 0.1) is 18.3 Å². The van der Waals surface area contributed by atoms with Crippen molar-refractivity contribution >= 4 is 29.4 Å². The summed E-state index contributed by atoms with van der Waals surface area (Å²) in [7, 11) is 0. The molecule has 4 aromatic rings. The lowest BCUT2D eigenvalue weighted by atomic mass is 10.1. The molecule has 0 unspecified atom stereocenters. The molecule has 0 atom stereocenters. The van der Waals surface area contributed by atoms with E-state index in [-0.39, 0.29) is 5.57 Å². The van der Waals surface area contributed by atoms with Crippen LogP contribution in [0.4, 0.5) is 5.69 Å². The van der Waals surface area contributed by atoms with Crippen molar-refractivity contribution in [2.75, 3.05) is 11.1 Å². The van der Waals surface area contributed by atoms with Crippen LogP contribution in [-0.4, -0.2) is 21.4 Å². The van der Waals surface area contributed by atoms with Gasteiger partial charge in [-0.3, -0.25) is 4.79 Å². The number of amides is 1. The monoisotopic (exact) mass is 492 g/mol. The number of thioether (sulfide) groups is 1. The number of aromatic nitrogens is 2. The Morgan fingerprint density at radius 2 is 1.78 bits per heavy atom. The molecule has 0 radical (unpaired) electrons. The molecule has 0 aliphatic heterocycles. The third-order valence-electron chi connectivity index (χ3n) is 5.63. The van der Waals surface area contributed by atoms with E-state index in [0.717, 1.165) is 22.6 Å². The molecule has 1 aromatic heterocycles. The van der Waals surface area contributed by atoms with E-state index < -0.39 is 5.91 Å². The minimum Gasteiger partial charge on any atom is -0.321 e. The summed E-state index contributed by atoms with van der Waals surface area (Å²) < 4.78 is 1.78. The number of carbonyl (C=O) groups is 1. The Bertz CT molecular complexity index is 1380. The highest BCUT2D eigenvalue weighted by atomic mass is 32.2. The van der Waals surface area contributed by atoms with E-state index in [2.05, 4.69) is 30.4 Å². The second-order valence-electron chi connectivity index (χ2n) is 8.43. The fourth-order valence-electron chi connectivity index (χ4n) is 3.61. The van der Waals surface area contributed by atoms with Crippen LogP contribution in [0.5, 0.6) is 0 Å². The number of anilines is 1. The molecule has 1 N–H and O–H groups in total. The van der Waals surface area contributed by atoms with E-state index in [0.29, 0.717) is 16.9 Å². The van der Waals surface area contributed by atoms with Crippen molar-refractivity contribution in [3.8, 4) is 23.0 Å².